The second kappa shape index (κ2) is 5.09. The van der Waals surface area contributed by atoms with Gasteiger partial charge in [-0.1, -0.05) is 0 Å². The van der Waals surface area contributed by atoms with Crippen LogP contribution in [-0.4, -0.2) is 27.9 Å². The molecule has 0 spiro atoms. The minimum Gasteiger partial charge on any atom is -0.481 e. The summed E-state index contributed by atoms with van der Waals surface area (Å²) in [6.45, 7) is 0. The van der Waals surface area contributed by atoms with E-state index in [0.717, 1.165) is 0 Å². The van der Waals surface area contributed by atoms with Gasteiger partial charge in [-0.05, 0) is 24.7 Å². The summed E-state index contributed by atoms with van der Waals surface area (Å²) < 4.78 is 0. The van der Waals surface area contributed by atoms with Crippen molar-refractivity contribution in [2.75, 3.05) is 0 Å². The molecule has 1 aliphatic carbocycles. The fourth-order valence-electron chi connectivity index (χ4n) is 2.40. The molecular formula is C11H16O5. The Morgan fingerprint density at radius 2 is 1.94 bits per heavy atom. The predicted octanol–water partition coefficient (Wildman–Crippen LogP) is 1.46. The SMILES string of the molecule is O=C(O)CCC1(CC(=O)O)CCCC(=O)C1. The van der Waals surface area contributed by atoms with E-state index in [9.17, 15) is 14.4 Å². The van der Waals surface area contributed by atoms with Crippen LogP contribution in [0.2, 0.25) is 0 Å². The summed E-state index contributed by atoms with van der Waals surface area (Å²) in [7, 11) is 0. The number of carboxylic acid groups (broad SMARTS) is 2. The van der Waals surface area contributed by atoms with E-state index in [1.54, 1.807) is 0 Å². The normalized spacial score (nSPS) is 25.4. The molecule has 0 radical (unpaired) electrons. The summed E-state index contributed by atoms with van der Waals surface area (Å²) in [5.74, 6) is -1.85. The van der Waals surface area contributed by atoms with Gasteiger partial charge in [-0.3, -0.25) is 14.4 Å². The van der Waals surface area contributed by atoms with E-state index in [4.69, 9.17) is 10.2 Å². The molecule has 1 rings (SSSR count). The molecule has 0 aliphatic heterocycles. The van der Waals surface area contributed by atoms with Crippen LogP contribution in [0.1, 0.15) is 44.9 Å². The molecule has 0 amide bonds. The molecule has 0 saturated heterocycles. The molecule has 1 fully saturated rings. The number of hydrogen-bond donors (Lipinski definition) is 2. The number of carbonyl (C=O) groups excluding carboxylic acids is 1. The Hall–Kier alpha value is -1.39. The third-order valence-corrected chi connectivity index (χ3v) is 3.13. The highest BCUT2D eigenvalue weighted by Crippen LogP contribution is 2.41. The molecule has 0 bridgehead atoms. The van der Waals surface area contributed by atoms with Gasteiger partial charge in [0.15, 0.2) is 0 Å². The number of ketones is 1. The van der Waals surface area contributed by atoms with E-state index < -0.39 is 17.4 Å². The minimum absolute atomic E-state index is 0.0536. The quantitative estimate of drug-likeness (QED) is 0.743. The zero-order valence-electron chi connectivity index (χ0n) is 9.07. The Balaban J connectivity index is 2.70. The molecule has 2 N–H and O–H groups in total. The van der Waals surface area contributed by atoms with Crippen LogP contribution in [0.3, 0.4) is 0 Å². The highest BCUT2D eigenvalue weighted by molar-refractivity contribution is 5.81. The van der Waals surface area contributed by atoms with Crippen molar-refractivity contribution in [2.24, 2.45) is 5.41 Å². The molecule has 0 aromatic heterocycles. The summed E-state index contributed by atoms with van der Waals surface area (Å²) in [6.07, 6.45) is 2.12. The number of carbonyl (C=O) groups is 3. The van der Waals surface area contributed by atoms with Crippen molar-refractivity contribution >= 4 is 17.7 Å². The molecule has 5 nitrogen and oxygen atoms in total. The number of carboxylic acids is 2. The maximum atomic E-state index is 11.4. The van der Waals surface area contributed by atoms with Crippen LogP contribution < -0.4 is 0 Å². The maximum absolute atomic E-state index is 11.4. The van der Waals surface area contributed by atoms with E-state index in [0.29, 0.717) is 19.3 Å². The zero-order valence-corrected chi connectivity index (χ0v) is 9.07. The van der Waals surface area contributed by atoms with Gasteiger partial charge in [0, 0.05) is 19.3 Å². The van der Waals surface area contributed by atoms with Gasteiger partial charge in [0.1, 0.15) is 5.78 Å². The largest absolute Gasteiger partial charge is 0.481 e. The van der Waals surface area contributed by atoms with Gasteiger partial charge in [-0.25, -0.2) is 0 Å². The zero-order chi connectivity index (χ0) is 12.2. The fourth-order valence-corrected chi connectivity index (χ4v) is 2.40. The lowest BCUT2D eigenvalue weighted by Gasteiger charge is -2.34. The first-order valence-corrected chi connectivity index (χ1v) is 5.39. The standard InChI is InChI=1S/C11H16O5/c12-8-2-1-4-11(6-8,7-10(15)16)5-3-9(13)14/h1-7H2,(H,13,14)(H,15,16). The van der Waals surface area contributed by atoms with Crippen molar-refractivity contribution in [3.8, 4) is 0 Å². The summed E-state index contributed by atoms with van der Waals surface area (Å²) >= 11 is 0. The van der Waals surface area contributed by atoms with E-state index in [1.165, 1.54) is 0 Å². The molecule has 0 heterocycles. The fraction of sp³-hybridized carbons (Fsp3) is 0.727. The van der Waals surface area contributed by atoms with E-state index >= 15 is 0 Å². The lowest BCUT2D eigenvalue weighted by molar-refractivity contribution is -0.144. The minimum atomic E-state index is -0.958. The molecule has 16 heavy (non-hydrogen) atoms. The van der Waals surface area contributed by atoms with E-state index in [-0.39, 0.29) is 31.5 Å². The number of aliphatic carboxylic acids is 2. The molecule has 0 aromatic carbocycles. The summed E-state index contributed by atoms with van der Waals surface area (Å²) in [5, 5.41) is 17.4. The number of rotatable bonds is 5. The molecule has 90 valence electrons. The van der Waals surface area contributed by atoms with Gasteiger partial charge in [0.25, 0.3) is 0 Å². The molecule has 1 atom stereocenters. The molecule has 5 heteroatoms. The Kier molecular flexibility index (Phi) is 4.04. The maximum Gasteiger partial charge on any atom is 0.303 e. The number of hydrogen-bond acceptors (Lipinski definition) is 3. The van der Waals surface area contributed by atoms with Crippen LogP contribution in [0.4, 0.5) is 0 Å². The van der Waals surface area contributed by atoms with Gasteiger partial charge in [0.05, 0.1) is 6.42 Å². The topological polar surface area (TPSA) is 91.7 Å². The Morgan fingerprint density at radius 1 is 1.25 bits per heavy atom. The third kappa shape index (κ3) is 3.64. The van der Waals surface area contributed by atoms with Crippen molar-refractivity contribution in [3.05, 3.63) is 0 Å². The Labute approximate surface area is 93.5 Å². The van der Waals surface area contributed by atoms with Gasteiger partial charge < -0.3 is 10.2 Å². The second-order valence-electron chi connectivity index (χ2n) is 4.53. The van der Waals surface area contributed by atoms with Crippen molar-refractivity contribution in [2.45, 2.75) is 44.9 Å². The molecule has 1 aliphatic rings. The Morgan fingerprint density at radius 3 is 2.44 bits per heavy atom. The summed E-state index contributed by atoms with van der Waals surface area (Å²) in [6, 6.07) is 0. The van der Waals surface area contributed by atoms with E-state index in [2.05, 4.69) is 0 Å². The first-order valence-electron chi connectivity index (χ1n) is 5.39. The van der Waals surface area contributed by atoms with Gasteiger partial charge >= 0.3 is 11.9 Å². The predicted molar refractivity (Wildman–Crippen MR) is 55.0 cm³/mol. The van der Waals surface area contributed by atoms with E-state index in [1.807, 2.05) is 0 Å². The van der Waals surface area contributed by atoms with Gasteiger partial charge in [-0.15, -0.1) is 0 Å². The van der Waals surface area contributed by atoms with Crippen LogP contribution in [0, 0.1) is 5.41 Å². The molecule has 0 aromatic rings. The summed E-state index contributed by atoms with van der Waals surface area (Å²) in [4.78, 5) is 32.6. The van der Waals surface area contributed by atoms with Crippen LogP contribution >= 0.6 is 0 Å². The summed E-state index contributed by atoms with van der Waals surface area (Å²) in [5.41, 5.74) is -0.625. The van der Waals surface area contributed by atoms with Crippen LogP contribution in [0.5, 0.6) is 0 Å². The lowest BCUT2D eigenvalue weighted by atomic mass is 9.68. The Bertz CT molecular complexity index is 305. The second-order valence-corrected chi connectivity index (χ2v) is 4.53. The first-order chi connectivity index (χ1) is 7.43. The molecule has 1 saturated carbocycles. The lowest BCUT2D eigenvalue weighted by Crippen LogP contribution is -2.32. The average molecular weight is 228 g/mol. The first kappa shape index (κ1) is 12.7. The highest BCUT2D eigenvalue weighted by Gasteiger charge is 2.37. The molecule has 1 unspecified atom stereocenters. The monoisotopic (exact) mass is 228 g/mol. The third-order valence-electron chi connectivity index (χ3n) is 3.13. The number of Topliss-reactive ketones (excluding diaryl/α,β-unsaturated/α-hetero) is 1. The van der Waals surface area contributed by atoms with Gasteiger partial charge in [0.2, 0.25) is 0 Å². The molecular weight excluding hydrogens is 212 g/mol. The average Bonchev–Trinajstić information content (AvgIpc) is 2.13. The highest BCUT2D eigenvalue weighted by atomic mass is 16.4. The van der Waals surface area contributed by atoms with Crippen molar-refractivity contribution < 1.29 is 24.6 Å². The smallest absolute Gasteiger partial charge is 0.303 e. The van der Waals surface area contributed by atoms with Crippen LogP contribution in [0.25, 0.3) is 0 Å². The van der Waals surface area contributed by atoms with Gasteiger partial charge in [-0.2, -0.15) is 0 Å². The van der Waals surface area contributed by atoms with Crippen molar-refractivity contribution in [1.29, 1.82) is 0 Å². The van der Waals surface area contributed by atoms with Crippen molar-refractivity contribution in [3.63, 3.8) is 0 Å². The van der Waals surface area contributed by atoms with Crippen LogP contribution in [0.15, 0.2) is 0 Å². The van der Waals surface area contributed by atoms with Crippen LogP contribution in [-0.2, 0) is 14.4 Å². The van der Waals surface area contributed by atoms with Crippen molar-refractivity contribution in [1.82, 2.24) is 0 Å².